The lowest BCUT2D eigenvalue weighted by Crippen LogP contribution is -3.12. The zero-order valence-corrected chi connectivity index (χ0v) is 13.1. The van der Waals surface area contributed by atoms with Crippen molar-refractivity contribution >= 4 is 22.8 Å². The van der Waals surface area contributed by atoms with E-state index in [9.17, 15) is 10.4 Å². The Kier molecular flexibility index (Phi) is 4.04. The third kappa shape index (κ3) is 2.91. The predicted molar refractivity (Wildman–Crippen MR) is 89.5 cm³/mol. The maximum atomic E-state index is 10.3. The second-order valence-corrected chi connectivity index (χ2v) is 5.90. The van der Waals surface area contributed by atoms with E-state index in [-0.39, 0.29) is 17.2 Å². The highest BCUT2D eigenvalue weighted by Gasteiger charge is 2.22. The summed E-state index contributed by atoms with van der Waals surface area (Å²) in [6.45, 7) is 3.45. The van der Waals surface area contributed by atoms with E-state index in [4.69, 9.17) is 5.41 Å². The molecule has 118 valence electrons. The van der Waals surface area contributed by atoms with Crippen molar-refractivity contribution in [1.82, 2.24) is 9.88 Å². The van der Waals surface area contributed by atoms with Crippen LogP contribution in [0.4, 0.5) is 0 Å². The van der Waals surface area contributed by atoms with E-state index < -0.39 is 0 Å². The molecule has 0 amide bonds. The van der Waals surface area contributed by atoms with Crippen molar-refractivity contribution in [2.24, 2.45) is 0 Å². The van der Waals surface area contributed by atoms with E-state index >= 15 is 0 Å². The van der Waals surface area contributed by atoms with E-state index in [0.717, 1.165) is 31.7 Å². The maximum Gasteiger partial charge on any atom is 0.148 e. The highest BCUT2D eigenvalue weighted by atomic mass is 16.3. The van der Waals surface area contributed by atoms with Gasteiger partial charge in [0.05, 0.1) is 44.5 Å². The van der Waals surface area contributed by atoms with E-state index in [0.29, 0.717) is 11.1 Å². The summed E-state index contributed by atoms with van der Waals surface area (Å²) in [6.07, 6.45) is 1.56. The molecule has 1 saturated heterocycles. The number of fused-ring (bicyclic) bond motifs is 1. The Bertz CT molecular complexity index is 806. The van der Waals surface area contributed by atoms with Gasteiger partial charge >= 0.3 is 0 Å². The normalized spacial score (nSPS) is 16.5. The Morgan fingerprint density at radius 3 is 2.74 bits per heavy atom. The summed E-state index contributed by atoms with van der Waals surface area (Å²) in [5, 5.41) is 28.7. The minimum Gasteiger partial charge on any atom is -0.505 e. The molecule has 0 saturated carbocycles. The molecule has 0 bridgehead atoms. The number of quaternary nitrogens is 1. The molecule has 23 heavy (non-hydrogen) atoms. The molecule has 3 rings (SSSR count). The predicted octanol–water partition coefficient (Wildman–Crippen LogP) is 0.588. The minimum atomic E-state index is 0.115. The molecular weight excluding hydrogens is 290 g/mol. The number of nitrogens with one attached hydrogen (secondary N) is 3. The van der Waals surface area contributed by atoms with Gasteiger partial charge in [-0.05, 0) is 18.2 Å². The number of likely N-dealkylation sites (N-methyl/N-ethyl adjacent to an activating group) is 1. The van der Waals surface area contributed by atoms with Gasteiger partial charge in [-0.3, -0.25) is 5.41 Å². The van der Waals surface area contributed by atoms with E-state index in [1.807, 2.05) is 29.2 Å². The van der Waals surface area contributed by atoms with Crippen LogP contribution in [0, 0.1) is 16.7 Å². The average molecular weight is 310 g/mol. The second kappa shape index (κ2) is 6.15. The summed E-state index contributed by atoms with van der Waals surface area (Å²) >= 11 is 0. The molecule has 0 unspecified atom stereocenters. The molecule has 1 aliphatic heterocycles. The first kappa shape index (κ1) is 15.1. The SMILES string of the molecule is C[NH+]1CCN(C(=N)C(C#N)=Cc2[nH]c3ccccc3c2O)CC1. The van der Waals surface area contributed by atoms with Crippen LogP contribution < -0.4 is 4.90 Å². The lowest BCUT2D eigenvalue weighted by atomic mass is 10.1. The van der Waals surface area contributed by atoms with E-state index in [1.54, 1.807) is 6.08 Å². The molecule has 1 aromatic carbocycles. The highest BCUT2D eigenvalue weighted by molar-refractivity contribution is 6.04. The van der Waals surface area contributed by atoms with Crippen molar-refractivity contribution in [3.63, 3.8) is 0 Å². The van der Waals surface area contributed by atoms with Crippen molar-refractivity contribution in [3.8, 4) is 11.8 Å². The molecule has 4 N–H and O–H groups in total. The molecule has 2 heterocycles. The Morgan fingerprint density at radius 2 is 2.09 bits per heavy atom. The first-order chi connectivity index (χ1) is 11.1. The fourth-order valence-corrected chi connectivity index (χ4v) is 2.83. The summed E-state index contributed by atoms with van der Waals surface area (Å²) in [7, 11) is 2.13. The molecule has 1 fully saturated rings. The highest BCUT2D eigenvalue weighted by Crippen LogP contribution is 2.30. The van der Waals surface area contributed by atoms with E-state index in [2.05, 4.69) is 18.1 Å². The number of hydrogen-bond donors (Lipinski definition) is 4. The molecule has 0 radical (unpaired) electrons. The van der Waals surface area contributed by atoms with Gasteiger partial charge in [-0.15, -0.1) is 0 Å². The van der Waals surface area contributed by atoms with Crippen molar-refractivity contribution in [2.75, 3.05) is 33.2 Å². The van der Waals surface area contributed by atoms with Crippen molar-refractivity contribution in [2.45, 2.75) is 0 Å². The molecule has 0 atom stereocenters. The van der Waals surface area contributed by atoms with Gasteiger partial charge in [0, 0.05) is 10.9 Å². The van der Waals surface area contributed by atoms with Crippen LogP contribution in [0.25, 0.3) is 17.0 Å². The number of benzene rings is 1. The topological polar surface area (TPSA) is 91.3 Å². The number of amidine groups is 1. The Balaban J connectivity index is 1.90. The van der Waals surface area contributed by atoms with Crippen LogP contribution in [-0.4, -0.2) is 54.1 Å². The largest absolute Gasteiger partial charge is 0.505 e. The van der Waals surface area contributed by atoms with Crippen LogP contribution >= 0.6 is 0 Å². The van der Waals surface area contributed by atoms with Gasteiger partial charge in [0.1, 0.15) is 17.7 Å². The van der Waals surface area contributed by atoms with Crippen LogP contribution in [0.5, 0.6) is 5.75 Å². The molecule has 0 aliphatic carbocycles. The van der Waals surface area contributed by atoms with Gasteiger partial charge in [-0.25, -0.2) is 0 Å². The molecular formula is C17H20N5O+. The third-order valence-electron chi connectivity index (χ3n) is 4.30. The molecule has 1 aromatic heterocycles. The van der Waals surface area contributed by atoms with Crippen molar-refractivity contribution in [3.05, 3.63) is 35.5 Å². The van der Waals surface area contributed by atoms with Crippen molar-refractivity contribution in [1.29, 1.82) is 10.7 Å². The average Bonchev–Trinajstić information content (AvgIpc) is 2.89. The zero-order valence-electron chi connectivity index (χ0n) is 13.1. The van der Waals surface area contributed by atoms with Crippen molar-refractivity contribution < 1.29 is 10.0 Å². The summed E-state index contributed by atoms with van der Waals surface area (Å²) in [6, 6.07) is 9.50. The number of rotatable bonds is 2. The first-order valence-corrected chi connectivity index (χ1v) is 7.67. The van der Waals surface area contributed by atoms with Gasteiger partial charge in [-0.2, -0.15) is 5.26 Å². The lowest BCUT2D eigenvalue weighted by molar-refractivity contribution is -0.883. The van der Waals surface area contributed by atoms with Crippen LogP contribution in [0.3, 0.4) is 0 Å². The number of hydrogen-bond acceptors (Lipinski definition) is 3. The fourth-order valence-electron chi connectivity index (χ4n) is 2.83. The number of para-hydroxylation sites is 1. The van der Waals surface area contributed by atoms with Gasteiger partial charge in [-0.1, -0.05) is 12.1 Å². The Morgan fingerprint density at radius 1 is 1.39 bits per heavy atom. The van der Waals surface area contributed by atoms with Crippen LogP contribution in [0.15, 0.2) is 29.8 Å². The maximum absolute atomic E-state index is 10.3. The minimum absolute atomic E-state index is 0.115. The number of piperazine rings is 1. The number of nitriles is 1. The molecule has 6 nitrogen and oxygen atoms in total. The van der Waals surface area contributed by atoms with E-state index in [1.165, 1.54) is 4.90 Å². The summed E-state index contributed by atoms with van der Waals surface area (Å²) < 4.78 is 0. The number of aromatic hydroxyl groups is 1. The van der Waals surface area contributed by atoms with Crippen LogP contribution in [0.1, 0.15) is 5.69 Å². The summed E-state index contributed by atoms with van der Waals surface area (Å²) in [5.41, 5.74) is 1.53. The number of H-pyrrole nitrogens is 1. The third-order valence-corrected chi connectivity index (χ3v) is 4.30. The molecule has 1 aliphatic rings. The van der Waals surface area contributed by atoms with Gasteiger partial charge in [0.15, 0.2) is 0 Å². The molecule has 0 spiro atoms. The van der Waals surface area contributed by atoms with Crippen LogP contribution in [0.2, 0.25) is 0 Å². The first-order valence-electron chi connectivity index (χ1n) is 7.67. The summed E-state index contributed by atoms with van der Waals surface area (Å²) in [4.78, 5) is 6.45. The lowest BCUT2D eigenvalue weighted by Gasteiger charge is -2.31. The van der Waals surface area contributed by atoms with Gasteiger partial charge < -0.3 is 19.9 Å². The Hall–Kier alpha value is -2.78. The molecule has 6 heteroatoms. The second-order valence-electron chi connectivity index (χ2n) is 5.90. The standard InChI is InChI=1S/C17H19N5O/c1-21-6-8-22(9-7-21)17(19)12(11-18)10-15-16(23)13-4-2-3-5-14(13)20-15/h2-5,10,19-20,23H,6-9H2,1H3/p+1. The molecule has 2 aromatic rings. The number of aromatic amines is 1. The Labute approximate surface area is 134 Å². The monoisotopic (exact) mass is 310 g/mol. The smallest absolute Gasteiger partial charge is 0.148 e. The van der Waals surface area contributed by atoms with Crippen LogP contribution in [-0.2, 0) is 0 Å². The van der Waals surface area contributed by atoms with Gasteiger partial charge in [0.25, 0.3) is 0 Å². The zero-order chi connectivity index (χ0) is 16.4. The number of nitrogens with zero attached hydrogens (tertiary/aromatic N) is 2. The summed E-state index contributed by atoms with van der Waals surface area (Å²) in [5.74, 6) is 0.335. The number of aromatic nitrogens is 1. The van der Waals surface area contributed by atoms with Gasteiger partial charge in [0.2, 0.25) is 0 Å². The fraction of sp³-hybridized carbons (Fsp3) is 0.294. The quantitative estimate of drug-likeness (QED) is 0.372.